The van der Waals surface area contributed by atoms with Gasteiger partial charge >= 0.3 is 17.9 Å². The Kier molecular flexibility index (Phi) is 6.65. The van der Waals surface area contributed by atoms with Gasteiger partial charge in [0.05, 0.1) is 30.2 Å². The van der Waals surface area contributed by atoms with Crippen LogP contribution in [-0.2, 0) is 24.3 Å². The van der Waals surface area contributed by atoms with Gasteiger partial charge in [0, 0.05) is 0 Å². The first-order valence-electron chi connectivity index (χ1n) is 7.10. The predicted molar refractivity (Wildman–Crippen MR) is 85.7 cm³/mol. The summed E-state index contributed by atoms with van der Waals surface area (Å²) in [5.74, 6) is -3.60. The Morgan fingerprint density at radius 3 is 1.76 bits per heavy atom. The summed E-state index contributed by atoms with van der Waals surface area (Å²) in [6, 6.07) is 1.71. The van der Waals surface area contributed by atoms with Crippen LogP contribution in [-0.4, -0.2) is 51.7 Å². The third kappa shape index (κ3) is 5.00. The molecule has 1 aromatic rings. The summed E-state index contributed by atoms with van der Waals surface area (Å²) in [5.41, 5.74) is -0.385. The number of carbonyl (C=O) groups excluding carboxylic acids is 2. The van der Waals surface area contributed by atoms with Gasteiger partial charge in [-0.15, -0.1) is 0 Å². The molecule has 10 heteroatoms. The van der Waals surface area contributed by atoms with E-state index in [1.807, 2.05) is 4.72 Å². The molecule has 0 aromatic heterocycles. The maximum absolute atomic E-state index is 12.5. The average Bonchev–Trinajstić information content (AvgIpc) is 2.57. The second kappa shape index (κ2) is 8.08. The van der Waals surface area contributed by atoms with Crippen molar-refractivity contribution < 1.29 is 37.4 Å². The van der Waals surface area contributed by atoms with E-state index >= 15 is 0 Å². The number of carbonyl (C=O) groups is 3. The molecular formula is C15H19NO8S. The summed E-state index contributed by atoms with van der Waals surface area (Å²) in [6.45, 7) is 3.07. The maximum Gasteiger partial charge on any atom is 0.337 e. The number of ether oxygens (including phenoxy) is 2. The number of carboxylic acids is 1. The van der Waals surface area contributed by atoms with E-state index < -0.39 is 44.8 Å². The fourth-order valence-corrected chi connectivity index (χ4v) is 3.34. The molecule has 1 atom stereocenters. The molecule has 0 aliphatic carbocycles. The predicted octanol–water partition coefficient (Wildman–Crippen LogP) is 0.647. The van der Waals surface area contributed by atoms with Crippen LogP contribution >= 0.6 is 0 Å². The first-order chi connectivity index (χ1) is 11.5. The molecule has 2 N–H and O–H groups in total. The molecule has 0 radical (unpaired) electrons. The van der Waals surface area contributed by atoms with Crippen molar-refractivity contribution in [1.82, 2.24) is 4.72 Å². The van der Waals surface area contributed by atoms with Crippen LogP contribution in [0.4, 0.5) is 0 Å². The van der Waals surface area contributed by atoms with E-state index in [9.17, 15) is 22.8 Å². The Balaban J connectivity index is 3.45. The zero-order valence-corrected chi connectivity index (χ0v) is 14.9. The van der Waals surface area contributed by atoms with Gasteiger partial charge in [-0.25, -0.2) is 18.0 Å². The number of hydrogen-bond donors (Lipinski definition) is 2. The Hall–Kier alpha value is -2.46. The highest BCUT2D eigenvalue weighted by atomic mass is 32.2. The molecule has 0 unspecified atom stereocenters. The Morgan fingerprint density at radius 1 is 1.00 bits per heavy atom. The molecule has 1 rings (SSSR count). The molecule has 0 spiro atoms. The minimum atomic E-state index is -4.32. The lowest BCUT2D eigenvalue weighted by Crippen LogP contribution is -2.44. The van der Waals surface area contributed by atoms with E-state index in [4.69, 9.17) is 5.11 Å². The van der Waals surface area contributed by atoms with E-state index in [1.54, 1.807) is 0 Å². The zero-order valence-electron chi connectivity index (χ0n) is 14.1. The third-order valence-corrected chi connectivity index (χ3v) is 4.69. The summed E-state index contributed by atoms with van der Waals surface area (Å²) >= 11 is 0. The van der Waals surface area contributed by atoms with Crippen molar-refractivity contribution in [2.24, 2.45) is 5.92 Å². The first-order valence-corrected chi connectivity index (χ1v) is 8.58. The maximum atomic E-state index is 12.5. The van der Waals surface area contributed by atoms with E-state index in [1.165, 1.54) is 13.8 Å². The molecule has 0 fully saturated rings. The van der Waals surface area contributed by atoms with Crippen LogP contribution in [0.5, 0.6) is 0 Å². The molecule has 0 amide bonds. The van der Waals surface area contributed by atoms with Gasteiger partial charge in [0.1, 0.15) is 6.04 Å². The molecule has 9 nitrogen and oxygen atoms in total. The number of benzene rings is 1. The molecule has 0 heterocycles. The molecule has 0 saturated heterocycles. The zero-order chi connectivity index (χ0) is 19.4. The van der Waals surface area contributed by atoms with Crippen LogP contribution in [0, 0.1) is 5.92 Å². The van der Waals surface area contributed by atoms with Gasteiger partial charge < -0.3 is 14.6 Å². The molecule has 1 aromatic carbocycles. The van der Waals surface area contributed by atoms with Crippen molar-refractivity contribution in [3.05, 3.63) is 29.3 Å². The SMILES string of the molecule is COC(=O)c1cc(C(=O)OC)cc(S(=O)(=O)N[C@@H](C(=O)O)C(C)C)c1. The second-order valence-corrected chi connectivity index (χ2v) is 7.12. The number of carboxylic acid groups (broad SMARTS) is 1. The van der Waals surface area contributed by atoms with Crippen molar-refractivity contribution in [2.75, 3.05) is 14.2 Å². The second-order valence-electron chi connectivity index (χ2n) is 5.41. The summed E-state index contributed by atoms with van der Waals surface area (Å²) in [7, 11) is -2.13. The lowest BCUT2D eigenvalue weighted by atomic mass is 10.1. The number of rotatable bonds is 7. The van der Waals surface area contributed by atoms with Gasteiger partial charge in [-0.2, -0.15) is 4.72 Å². The molecule has 0 saturated carbocycles. The molecule has 25 heavy (non-hydrogen) atoms. The fourth-order valence-electron chi connectivity index (χ4n) is 1.93. The highest BCUT2D eigenvalue weighted by Crippen LogP contribution is 2.18. The van der Waals surface area contributed by atoms with E-state index in [0.29, 0.717) is 0 Å². The summed E-state index contributed by atoms with van der Waals surface area (Å²) in [5, 5.41) is 9.14. The normalized spacial score (nSPS) is 12.5. The molecule has 138 valence electrons. The minimum Gasteiger partial charge on any atom is -0.480 e. The van der Waals surface area contributed by atoms with Gasteiger partial charge in [0.2, 0.25) is 10.0 Å². The van der Waals surface area contributed by atoms with Crippen molar-refractivity contribution in [2.45, 2.75) is 24.8 Å². The minimum absolute atomic E-state index is 0.192. The van der Waals surface area contributed by atoms with E-state index in [-0.39, 0.29) is 11.1 Å². The van der Waals surface area contributed by atoms with Crippen molar-refractivity contribution in [1.29, 1.82) is 0 Å². The molecular weight excluding hydrogens is 354 g/mol. The van der Waals surface area contributed by atoms with Crippen LogP contribution in [0.2, 0.25) is 0 Å². The molecule has 0 bridgehead atoms. The highest BCUT2D eigenvalue weighted by Gasteiger charge is 2.29. The number of nitrogens with one attached hydrogen (secondary N) is 1. The highest BCUT2D eigenvalue weighted by molar-refractivity contribution is 7.89. The van der Waals surface area contributed by atoms with Crippen LogP contribution in [0.25, 0.3) is 0 Å². The Labute approximate surface area is 145 Å². The fraction of sp³-hybridized carbons (Fsp3) is 0.400. The number of aliphatic carboxylic acids is 1. The number of methoxy groups -OCH3 is 2. The quantitative estimate of drug-likeness (QED) is 0.665. The van der Waals surface area contributed by atoms with Gasteiger partial charge in [0.15, 0.2) is 0 Å². The van der Waals surface area contributed by atoms with Crippen LogP contribution in [0.1, 0.15) is 34.6 Å². The Bertz CT molecular complexity index is 750. The van der Waals surface area contributed by atoms with Crippen LogP contribution in [0.3, 0.4) is 0 Å². The van der Waals surface area contributed by atoms with Gasteiger partial charge in [-0.3, -0.25) is 4.79 Å². The molecule has 0 aliphatic heterocycles. The van der Waals surface area contributed by atoms with Crippen LogP contribution < -0.4 is 4.72 Å². The summed E-state index contributed by atoms with van der Waals surface area (Å²) in [4.78, 5) is 34.2. The lowest BCUT2D eigenvalue weighted by Gasteiger charge is -2.18. The van der Waals surface area contributed by atoms with E-state index in [2.05, 4.69) is 9.47 Å². The third-order valence-electron chi connectivity index (χ3n) is 3.27. The van der Waals surface area contributed by atoms with Gasteiger partial charge in [0.25, 0.3) is 0 Å². The molecule has 0 aliphatic rings. The number of sulfonamides is 1. The largest absolute Gasteiger partial charge is 0.480 e. The van der Waals surface area contributed by atoms with Gasteiger partial charge in [-0.1, -0.05) is 13.8 Å². The average molecular weight is 373 g/mol. The smallest absolute Gasteiger partial charge is 0.337 e. The number of hydrogen-bond acceptors (Lipinski definition) is 7. The van der Waals surface area contributed by atoms with Gasteiger partial charge in [-0.05, 0) is 24.1 Å². The van der Waals surface area contributed by atoms with Crippen molar-refractivity contribution in [3.63, 3.8) is 0 Å². The lowest BCUT2D eigenvalue weighted by molar-refractivity contribution is -0.140. The summed E-state index contributed by atoms with van der Waals surface area (Å²) in [6.07, 6.45) is 0. The topological polar surface area (TPSA) is 136 Å². The number of esters is 2. The van der Waals surface area contributed by atoms with E-state index in [0.717, 1.165) is 32.4 Å². The van der Waals surface area contributed by atoms with Crippen molar-refractivity contribution >= 4 is 27.9 Å². The standard InChI is InChI=1S/C15H19NO8S/c1-8(2)12(13(17)18)16-25(21,22)11-6-9(14(19)23-3)5-10(7-11)15(20)24-4/h5-8,12,16H,1-4H3,(H,17,18)/t12-/m1/s1. The van der Waals surface area contributed by atoms with Crippen LogP contribution in [0.15, 0.2) is 23.1 Å². The summed E-state index contributed by atoms with van der Waals surface area (Å²) < 4.78 is 36.1. The Morgan fingerprint density at radius 2 is 1.44 bits per heavy atom. The monoisotopic (exact) mass is 373 g/mol. The van der Waals surface area contributed by atoms with Crippen molar-refractivity contribution in [3.8, 4) is 0 Å². The first kappa shape index (κ1) is 20.6.